The van der Waals surface area contributed by atoms with Crippen molar-refractivity contribution < 1.29 is 17.9 Å². The zero-order valence-electron chi connectivity index (χ0n) is 14.5. The molecule has 0 bridgehead atoms. The Kier molecular flexibility index (Phi) is 5.13. The molecule has 0 saturated carbocycles. The van der Waals surface area contributed by atoms with E-state index < -0.39 is 28.3 Å². The van der Waals surface area contributed by atoms with Crippen LogP contribution in [0.15, 0.2) is 72.1 Å². The van der Waals surface area contributed by atoms with Crippen molar-refractivity contribution in [2.45, 2.75) is 36.8 Å². The van der Waals surface area contributed by atoms with Gasteiger partial charge in [-0.3, -0.25) is 0 Å². The fourth-order valence-electron chi connectivity index (χ4n) is 3.04. The summed E-state index contributed by atoms with van der Waals surface area (Å²) in [6.07, 6.45) is 1.15. The third-order valence-electron chi connectivity index (χ3n) is 4.41. The van der Waals surface area contributed by atoms with Crippen molar-refractivity contribution in [3.05, 3.63) is 78.4 Å². The first kappa shape index (κ1) is 18.2. The minimum atomic E-state index is -4.00. The van der Waals surface area contributed by atoms with E-state index in [1.165, 1.54) is 18.2 Å². The Labute approximate surface area is 154 Å². The molecule has 0 N–H and O–H groups in total. The van der Waals surface area contributed by atoms with Crippen LogP contribution >= 0.6 is 0 Å². The first-order chi connectivity index (χ1) is 12.4. The van der Waals surface area contributed by atoms with Gasteiger partial charge in [-0.05, 0) is 24.6 Å². The van der Waals surface area contributed by atoms with Gasteiger partial charge in [0.2, 0.25) is 0 Å². The molecule has 1 aliphatic heterocycles. The Morgan fingerprint density at radius 3 is 2.42 bits per heavy atom. The van der Waals surface area contributed by atoms with Gasteiger partial charge in [0.15, 0.2) is 0 Å². The van der Waals surface area contributed by atoms with E-state index in [2.05, 4.69) is 6.58 Å². The van der Waals surface area contributed by atoms with Crippen LogP contribution in [0.3, 0.4) is 0 Å². The fraction of sp³-hybridized carbons (Fsp3) is 0.250. The lowest BCUT2D eigenvalue weighted by Crippen LogP contribution is -2.51. The molecule has 3 rings (SSSR count). The average molecular weight is 371 g/mol. The summed E-state index contributed by atoms with van der Waals surface area (Å²) in [5.74, 6) is 0. The van der Waals surface area contributed by atoms with Crippen molar-refractivity contribution in [1.29, 1.82) is 0 Å². The lowest BCUT2D eigenvalue weighted by Gasteiger charge is -2.36. The standard InChI is InChI=1S/C20H21NO4S/c1-3-17-14-18(13-16-7-5-4-6-8-16)25-20(22)21(17)26(23,24)19-11-9-15(2)10-12-19/h3-12,17-18H,1,13-14H2,2H3. The number of cyclic esters (lactones) is 1. The number of hydrogen-bond donors (Lipinski definition) is 0. The van der Waals surface area contributed by atoms with Crippen LogP contribution in [0.1, 0.15) is 17.5 Å². The van der Waals surface area contributed by atoms with E-state index in [1.54, 1.807) is 12.1 Å². The summed E-state index contributed by atoms with van der Waals surface area (Å²) in [4.78, 5) is 12.6. The summed E-state index contributed by atoms with van der Waals surface area (Å²) in [7, 11) is -4.00. The Hall–Kier alpha value is -2.60. The molecule has 2 aromatic rings. The SMILES string of the molecule is C=CC1CC(Cc2ccccc2)OC(=O)N1S(=O)(=O)c1ccc(C)cc1. The lowest BCUT2D eigenvalue weighted by molar-refractivity contribution is 0.0365. The van der Waals surface area contributed by atoms with Crippen LogP contribution < -0.4 is 0 Å². The minimum Gasteiger partial charge on any atom is -0.445 e. The van der Waals surface area contributed by atoms with Gasteiger partial charge in [0.05, 0.1) is 10.9 Å². The van der Waals surface area contributed by atoms with Gasteiger partial charge in [0, 0.05) is 12.8 Å². The molecule has 1 aliphatic rings. The van der Waals surface area contributed by atoms with Crippen molar-refractivity contribution in [2.24, 2.45) is 0 Å². The number of benzene rings is 2. The first-order valence-electron chi connectivity index (χ1n) is 8.40. The molecule has 0 aromatic heterocycles. The van der Waals surface area contributed by atoms with E-state index in [1.807, 2.05) is 37.3 Å². The number of amides is 1. The van der Waals surface area contributed by atoms with Crippen LogP contribution in [0.4, 0.5) is 4.79 Å². The number of hydrogen-bond acceptors (Lipinski definition) is 4. The number of carbonyl (C=O) groups excluding carboxylic acids is 1. The van der Waals surface area contributed by atoms with Crippen LogP contribution in [-0.2, 0) is 21.2 Å². The molecular formula is C20H21NO4S. The Bertz CT molecular complexity index is 891. The zero-order chi connectivity index (χ0) is 18.7. The van der Waals surface area contributed by atoms with E-state index in [4.69, 9.17) is 4.74 Å². The number of aryl methyl sites for hydroxylation is 1. The van der Waals surface area contributed by atoms with Crippen molar-refractivity contribution in [3.63, 3.8) is 0 Å². The molecule has 1 fully saturated rings. The van der Waals surface area contributed by atoms with Crippen LogP contribution in [-0.4, -0.2) is 31.0 Å². The van der Waals surface area contributed by atoms with E-state index in [9.17, 15) is 13.2 Å². The number of nitrogens with zero attached hydrogens (tertiary/aromatic N) is 1. The van der Waals surface area contributed by atoms with Gasteiger partial charge in [-0.25, -0.2) is 13.2 Å². The summed E-state index contributed by atoms with van der Waals surface area (Å²) in [6, 6.07) is 15.4. The van der Waals surface area contributed by atoms with Crippen LogP contribution in [0.2, 0.25) is 0 Å². The highest BCUT2D eigenvalue weighted by Gasteiger charge is 2.42. The molecule has 1 heterocycles. The van der Waals surface area contributed by atoms with Crippen LogP contribution in [0.25, 0.3) is 0 Å². The highest BCUT2D eigenvalue weighted by atomic mass is 32.2. The molecule has 1 amide bonds. The highest BCUT2D eigenvalue weighted by molar-refractivity contribution is 7.89. The first-order valence-corrected chi connectivity index (χ1v) is 9.84. The molecule has 0 aliphatic carbocycles. The molecule has 5 nitrogen and oxygen atoms in total. The third-order valence-corrected chi connectivity index (χ3v) is 6.21. The topological polar surface area (TPSA) is 63.7 Å². The van der Waals surface area contributed by atoms with Gasteiger partial charge in [-0.15, -0.1) is 6.58 Å². The van der Waals surface area contributed by atoms with E-state index in [-0.39, 0.29) is 4.90 Å². The quantitative estimate of drug-likeness (QED) is 0.752. The number of carbonyl (C=O) groups is 1. The molecule has 26 heavy (non-hydrogen) atoms. The van der Waals surface area contributed by atoms with E-state index >= 15 is 0 Å². The molecule has 0 radical (unpaired) electrons. The summed E-state index contributed by atoms with van der Waals surface area (Å²) in [5, 5.41) is 0. The maximum Gasteiger partial charge on any atom is 0.424 e. The maximum atomic E-state index is 12.9. The van der Waals surface area contributed by atoms with Gasteiger partial charge < -0.3 is 4.74 Å². The number of rotatable bonds is 5. The van der Waals surface area contributed by atoms with Crippen molar-refractivity contribution in [2.75, 3.05) is 0 Å². The number of sulfonamides is 1. The van der Waals surface area contributed by atoms with Gasteiger partial charge in [-0.2, -0.15) is 4.31 Å². The Morgan fingerprint density at radius 2 is 1.81 bits per heavy atom. The second kappa shape index (κ2) is 7.33. The average Bonchev–Trinajstić information content (AvgIpc) is 2.62. The summed E-state index contributed by atoms with van der Waals surface area (Å²) in [5.41, 5.74) is 1.97. The molecule has 2 unspecified atom stereocenters. The third kappa shape index (κ3) is 3.65. The minimum absolute atomic E-state index is 0.0633. The fourth-order valence-corrected chi connectivity index (χ4v) is 4.51. The van der Waals surface area contributed by atoms with Gasteiger partial charge in [0.1, 0.15) is 6.10 Å². The summed E-state index contributed by atoms with van der Waals surface area (Å²) < 4.78 is 32.1. The second-order valence-electron chi connectivity index (χ2n) is 6.35. The summed E-state index contributed by atoms with van der Waals surface area (Å²) >= 11 is 0. The molecule has 2 aromatic carbocycles. The normalized spacial score (nSPS) is 20.5. The lowest BCUT2D eigenvalue weighted by atomic mass is 10.0. The Balaban J connectivity index is 1.84. The molecule has 1 saturated heterocycles. The number of ether oxygens (including phenoxy) is 1. The van der Waals surface area contributed by atoms with Gasteiger partial charge in [-0.1, -0.05) is 54.1 Å². The van der Waals surface area contributed by atoms with Crippen molar-refractivity contribution in [3.8, 4) is 0 Å². The molecule has 136 valence electrons. The van der Waals surface area contributed by atoms with E-state index in [0.29, 0.717) is 12.8 Å². The molecule has 6 heteroatoms. The van der Waals surface area contributed by atoms with Gasteiger partial charge in [0.25, 0.3) is 10.0 Å². The predicted octanol–water partition coefficient (Wildman–Crippen LogP) is 3.69. The molecule has 2 atom stereocenters. The van der Waals surface area contributed by atoms with E-state index in [0.717, 1.165) is 15.4 Å². The maximum absolute atomic E-state index is 12.9. The largest absolute Gasteiger partial charge is 0.445 e. The molecular weight excluding hydrogens is 350 g/mol. The summed E-state index contributed by atoms with van der Waals surface area (Å²) in [6.45, 7) is 5.59. The molecule has 0 spiro atoms. The zero-order valence-corrected chi connectivity index (χ0v) is 15.4. The van der Waals surface area contributed by atoms with Crippen LogP contribution in [0, 0.1) is 6.92 Å². The van der Waals surface area contributed by atoms with Gasteiger partial charge >= 0.3 is 6.09 Å². The van der Waals surface area contributed by atoms with Crippen molar-refractivity contribution >= 4 is 16.1 Å². The predicted molar refractivity (Wildman–Crippen MR) is 99.2 cm³/mol. The Morgan fingerprint density at radius 1 is 1.15 bits per heavy atom. The second-order valence-corrected chi connectivity index (χ2v) is 8.16. The monoisotopic (exact) mass is 371 g/mol. The smallest absolute Gasteiger partial charge is 0.424 e. The van der Waals surface area contributed by atoms with Crippen LogP contribution in [0.5, 0.6) is 0 Å². The van der Waals surface area contributed by atoms with Crippen molar-refractivity contribution in [1.82, 2.24) is 4.31 Å². The highest BCUT2D eigenvalue weighted by Crippen LogP contribution is 2.28.